The third-order valence-electron chi connectivity index (χ3n) is 4.98. The summed E-state index contributed by atoms with van der Waals surface area (Å²) in [5.41, 5.74) is 1.70. The van der Waals surface area contributed by atoms with E-state index in [-0.39, 0.29) is 11.9 Å². The Morgan fingerprint density at radius 2 is 1.93 bits per heavy atom. The van der Waals surface area contributed by atoms with Crippen molar-refractivity contribution in [3.05, 3.63) is 29.8 Å². The van der Waals surface area contributed by atoms with E-state index < -0.39 is 0 Å². The van der Waals surface area contributed by atoms with E-state index in [1.54, 1.807) is 37.6 Å². The zero-order valence-electron chi connectivity index (χ0n) is 16.4. The highest BCUT2D eigenvalue weighted by Gasteiger charge is 2.23. The van der Waals surface area contributed by atoms with Gasteiger partial charge in [-0.3, -0.25) is 4.79 Å². The van der Waals surface area contributed by atoms with E-state index in [4.69, 9.17) is 9.72 Å². The van der Waals surface area contributed by atoms with E-state index >= 15 is 0 Å². The van der Waals surface area contributed by atoms with E-state index in [2.05, 4.69) is 25.9 Å². The Kier molecular flexibility index (Phi) is 5.75. The molecule has 3 N–H and O–H groups in total. The van der Waals surface area contributed by atoms with E-state index in [1.807, 2.05) is 17.5 Å². The minimum atomic E-state index is 0.0428. The number of hydrogen-bond donors (Lipinski definition) is 3. The molecule has 3 aromatic heterocycles. The van der Waals surface area contributed by atoms with Crippen molar-refractivity contribution in [2.45, 2.75) is 44.7 Å². The zero-order valence-corrected chi connectivity index (χ0v) is 17.3. The van der Waals surface area contributed by atoms with Crippen LogP contribution in [0.15, 0.2) is 29.8 Å². The molecule has 1 saturated carbocycles. The molecule has 0 bridgehead atoms. The number of anilines is 3. The van der Waals surface area contributed by atoms with Crippen LogP contribution < -0.4 is 20.7 Å². The summed E-state index contributed by atoms with van der Waals surface area (Å²) in [4.78, 5) is 24.8. The number of thiophene rings is 1. The molecule has 29 heavy (non-hydrogen) atoms. The summed E-state index contributed by atoms with van der Waals surface area (Å²) in [7, 11) is 1.59. The van der Waals surface area contributed by atoms with E-state index in [1.165, 1.54) is 0 Å². The molecule has 0 saturated heterocycles. The van der Waals surface area contributed by atoms with Crippen molar-refractivity contribution in [1.82, 2.24) is 20.3 Å². The first-order valence-corrected chi connectivity index (χ1v) is 10.5. The Morgan fingerprint density at radius 1 is 1.14 bits per heavy atom. The zero-order chi connectivity index (χ0) is 20.2. The third kappa shape index (κ3) is 4.73. The topological polar surface area (TPSA) is 101 Å². The lowest BCUT2D eigenvalue weighted by Gasteiger charge is -2.29. The van der Waals surface area contributed by atoms with Crippen LogP contribution in [0.3, 0.4) is 0 Å². The van der Waals surface area contributed by atoms with Crippen molar-refractivity contribution in [2.24, 2.45) is 0 Å². The van der Waals surface area contributed by atoms with E-state index in [9.17, 15) is 4.79 Å². The van der Waals surface area contributed by atoms with Gasteiger partial charge in [-0.15, -0.1) is 11.3 Å². The van der Waals surface area contributed by atoms with Crippen molar-refractivity contribution < 1.29 is 9.53 Å². The first-order chi connectivity index (χ1) is 14.1. The van der Waals surface area contributed by atoms with Crippen molar-refractivity contribution in [2.75, 3.05) is 17.7 Å². The fourth-order valence-corrected chi connectivity index (χ4v) is 4.37. The molecule has 4 rings (SSSR count). The van der Waals surface area contributed by atoms with Gasteiger partial charge in [-0.1, -0.05) is 0 Å². The first-order valence-electron chi connectivity index (χ1n) is 9.66. The Morgan fingerprint density at radius 3 is 2.62 bits per heavy atom. The number of fused-ring (bicyclic) bond motifs is 1. The third-order valence-corrected chi connectivity index (χ3v) is 5.89. The van der Waals surface area contributed by atoms with Crippen LogP contribution in [0.1, 0.15) is 32.6 Å². The Balaban J connectivity index is 1.48. The summed E-state index contributed by atoms with van der Waals surface area (Å²) < 4.78 is 6.15. The summed E-state index contributed by atoms with van der Waals surface area (Å²) >= 11 is 1.63. The first kappa shape index (κ1) is 19.4. The van der Waals surface area contributed by atoms with Crippen LogP contribution >= 0.6 is 11.3 Å². The van der Waals surface area contributed by atoms with Crippen LogP contribution in [0.4, 0.5) is 17.5 Å². The second kappa shape index (κ2) is 8.60. The summed E-state index contributed by atoms with van der Waals surface area (Å²) in [6, 6.07) is 6.27. The summed E-state index contributed by atoms with van der Waals surface area (Å²) in [6.45, 7) is 1.58. The number of ether oxygens (including phenoxy) is 1. The molecule has 0 atom stereocenters. The number of nitrogens with one attached hydrogen (secondary N) is 3. The molecular weight excluding hydrogens is 388 g/mol. The number of nitrogens with zero attached hydrogens (tertiary/aromatic N) is 3. The van der Waals surface area contributed by atoms with Gasteiger partial charge in [0.15, 0.2) is 0 Å². The van der Waals surface area contributed by atoms with Gasteiger partial charge in [0.1, 0.15) is 5.82 Å². The Hall–Kier alpha value is -2.94. The monoisotopic (exact) mass is 412 g/mol. The minimum Gasteiger partial charge on any atom is -0.481 e. The number of amides is 1. The second-order valence-corrected chi connectivity index (χ2v) is 8.05. The lowest BCUT2D eigenvalue weighted by molar-refractivity contribution is -0.119. The van der Waals surface area contributed by atoms with Gasteiger partial charge < -0.3 is 20.7 Å². The van der Waals surface area contributed by atoms with Gasteiger partial charge in [-0.2, -0.15) is 4.98 Å². The van der Waals surface area contributed by atoms with Crippen LogP contribution in [0, 0.1) is 0 Å². The van der Waals surface area contributed by atoms with Crippen LogP contribution in [0.2, 0.25) is 0 Å². The quantitative estimate of drug-likeness (QED) is 0.567. The van der Waals surface area contributed by atoms with Gasteiger partial charge in [0.25, 0.3) is 0 Å². The maximum Gasteiger partial charge on any atom is 0.229 e. The molecule has 9 heteroatoms. The standard InChI is InChI=1S/C20H24N6O2S/c1-12(27)22-13-3-5-14(6-4-13)23-19-18-16(9-10-29-18)25-20(26-19)24-15-7-8-17(28-2)21-11-15/h7-11,13-14H,3-6H2,1-2H3,(H,22,27)(H2,23,24,25,26)/t13-,14+. The predicted octanol–water partition coefficient (Wildman–Crippen LogP) is 3.70. The van der Waals surface area contributed by atoms with Gasteiger partial charge in [0, 0.05) is 25.1 Å². The van der Waals surface area contributed by atoms with Crippen molar-refractivity contribution in [3.63, 3.8) is 0 Å². The molecule has 0 unspecified atom stereocenters. The summed E-state index contributed by atoms with van der Waals surface area (Å²) in [5, 5.41) is 11.9. The number of carbonyl (C=O) groups is 1. The summed E-state index contributed by atoms with van der Waals surface area (Å²) in [5.74, 6) is 1.97. The molecule has 1 aliphatic rings. The van der Waals surface area contributed by atoms with E-state index in [0.717, 1.165) is 47.4 Å². The number of aromatic nitrogens is 3. The molecule has 3 aromatic rings. The van der Waals surface area contributed by atoms with Crippen LogP contribution in [-0.2, 0) is 4.79 Å². The molecule has 0 radical (unpaired) electrons. The van der Waals surface area contributed by atoms with Crippen molar-refractivity contribution in [3.8, 4) is 5.88 Å². The molecule has 0 aromatic carbocycles. The highest BCUT2D eigenvalue weighted by Crippen LogP contribution is 2.31. The predicted molar refractivity (Wildman–Crippen MR) is 115 cm³/mol. The lowest BCUT2D eigenvalue weighted by atomic mass is 9.91. The maximum absolute atomic E-state index is 11.3. The Labute approximate surface area is 173 Å². The molecule has 8 nitrogen and oxygen atoms in total. The number of methoxy groups -OCH3 is 1. The van der Waals surface area contributed by atoms with Gasteiger partial charge in [0.05, 0.1) is 29.2 Å². The fourth-order valence-electron chi connectivity index (χ4n) is 3.58. The molecule has 0 spiro atoms. The van der Waals surface area contributed by atoms with Crippen molar-refractivity contribution >= 4 is 44.9 Å². The average Bonchev–Trinajstić information content (AvgIpc) is 3.19. The van der Waals surface area contributed by atoms with Crippen molar-refractivity contribution in [1.29, 1.82) is 0 Å². The summed E-state index contributed by atoms with van der Waals surface area (Å²) in [6.07, 6.45) is 5.62. The average molecular weight is 413 g/mol. The molecule has 1 fully saturated rings. The van der Waals surface area contributed by atoms with E-state index in [0.29, 0.717) is 17.9 Å². The molecule has 0 aliphatic heterocycles. The number of rotatable bonds is 6. The van der Waals surface area contributed by atoms with Crippen LogP contribution in [0.25, 0.3) is 10.2 Å². The number of carbonyl (C=O) groups excluding carboxylic acids is 1. The fraction of sp³-hybridized carbons (Fsp3) is 0.400. The number of pyridine rings is 1. The molecule has 152 valence electrons. The highest BCUT2D eigenvalue weighted by molar-refractivity contribution is 7.17. The number of hydrogen-bond acceptors (Lipinski definition) is 8. The second-order valence-electron chi connectivity index (χ2n) is 7.14. The van der Waals surface area contributed by atoms with Crippen LogP contribution in [-0.4, -0.2) is 40.1 Å². The van der Waals surface area contributed by atoms with Gasteiger partial charge in [-0.25, -0.2) is 9.97 Å². The normalized spacial score (nSPS) is 19.0. The smallest absolute Gasteiger partial charge is 0.229 e. The minimum absolute atomic E-state index is 0.0428. The van der Waals surface area contributed by atoms with Gasteiger partial charge in [0.2, 0.25) is 17.7 Å². The lowest BCUT2D eigenvalue weighted by Crippen LogP contribution is -2.39. The Bertz CT molecular complexity index is 982. The van der Waals surface area contributed by atoms with Crippen LogP contribution in [0.5, 0.6) is 5.88 Å². The van der Waals surface area contributed by atoms with Gasteiger partial charge in [-0.05, 0) is 43.2 Å². The highest BCUT2D eigenvalue weighted by atomic mass is 32.1. The SMILES string of the molecule is COc1ccc(Nc2nc(N[C@H]3CC[C@@H](NC(C)=O)CC3)c3sccc3n2)cn1. The molecule has 1 amide bonds. The molecule has 3 heterocycles. The maximum atomic E-state index is 11.3. The molecular formula is C20H24N6O2S. The largest absolute Gasteiger partial charge is 0.481 e. The van der Waals surface area contributed by atoms with Gasteiger partial charge >= 0.3 is 0 Å². The molecule has 1 aliphatic carbocycles.